The maximum absolute atomic E-state index is 13.3. The van der Waals surface area contributed by atoms with Crippen molar-refractivity contribution in [2.75, 3.05) is 5.32 Å². The lowest BCUT2D eigenvalue weighted by atomic mass is 10.1. The van der Waals surface area contributed by atoms with Crippen LogP contribution in [0.1, 0.15) is 18.2 Å². The summed E-state index contributed by atoms with van der Waals surface area (Å²) < 4.78 is 16.2. The van der Waals surface area contributed by atoms with E-state index in [-0.39, 0.29) is 34.9 Å². The molecule has 0 bridgehead atoms. The van der Waals surface area contributed by atoms with Crippen LogP contribution in [0.2, 0.25) is 5.02 Å². The molecular weight excluding hydrogens is 403 g/mol. The quantitative estimate of drug-likeness (QED) is 0.465. The number of carbonyl (C=O) groups is 1. The molecule has 152 valence electrons. The molecule has 11 heteroatoms. The number of halogens is 2. The number of benzene rings is 1. The number of rotatable bonds is 7. The zero-order valence-electron chi connectivity index (χ0n) is 15.7. The van der Waals surface area contributed by atoms with Gasteiger partial charge in [0.15, 0.2) is 5.82 Å². The number of nitrogens with one attached hydrogen (secondary N) is 1. The van der Waals surface area contributed by atoms with Gasteiger partial charge in [-0.3, -0.25) is 9.48 Å². The molecule has 0 spiro atoms. The van der Waals surface area contributed by atoms with E-state index in [0.717, 1.165) is 0 Å². The van der Waals surface area contributed by atoms with Crippen LogP contribution in [-0.4, -0.2) is 30.4 Å². The molecule has 0 radical (unpaired) electrons. The van der Waals surface area contributed by atoms with Crippen LogP contribution in [0.5, 0.6) is 0 Å². The summed E-state index contributed by atoms with van der Waals surface area (Å²) in [6, 6.07) is 7.44. The largest absolute Gasteiger partial charge is 0.390 e. The van der Waals surface area contributed by atoms with Gasteiger partial charge in [0.2, 0.25) is 5.91 Å². The van der Waals surface area contributed by atoms with Crippen molar-refractivity contribution >= 4 is 29.1 Å². The van der Waals surface area contributed by atoms with Gasteiger partial charge in [-0.2, -0.15) is 9.78 Å². The second kappa shape index (κ2) is 8.39. The highest BCUT2D eigenvalue weighted by Gasteiger charge is 2.22. The van der Waals surface area contributed by atoms with Gasteiger partial charge in [0.05, 0.1) is 35.9 Å². The topological polar surface area (TPSA) is 108 Å². The van der Waals surface area contributed by atoms with Crippen molar-refractivity contribution in [3.63, 3.8) is 0 Å². The zero-order chi connectivity index (χ0) is 21.1. The number of nitrogens with zero attached hydrogens (tertiary/aromatic N) is 5. The molecule has 0 aliphatic heterocycles. The minimum absolute atomic E-state index is 0.160. The first-order valence-electron chi connectivity index (χ1n) is 8.70. The first-order chi connectivity index (χ1) is 13.7. The summed E-state index contributed by atoms with van der Waals surface area (Å²) in [5, 5.41) is 21.8. The molecule has 0 fully saturated rings. The summed E-state index contributed by atoms with van der Waals surface area (Å²) in [5.41, 5.74) is 1.28. The molecule has 3 aromatic rings. The highest BCUT2D eigenvalue weighted by Crippen LogP contribution is 2.21. The number of nitro groups is 1. The zero-order valence-corrected chi connectivity index (χ0v) is 16.4. The number of carbonyl (C=O) groups excluding carboxylic acids is 1. The molecule has 3 rings (SSSR count). The number of anilines is 1. The van der Waals surface area contributed by atoms with Crippen molar-refractivity contribution in [1.82, 2.24) is 19.6 Å². The monoisotopic (exact) mass is 420 g/mol. The van der Waals surface area contributed by atoms with Crippen molar-refractivity contribution in [3.8, 4) is 0 Å². The molecule has 0 saturated heterocycles. The number of hydrogen-bond donors (Lipinski definition) is 1. The minimum atomic E-state index is -0.584. The fraction of sp³-hybridized carbons (Fsp3) is 0.278. The molecule has 0 aliphatic rings. The predicted octanol–water partition coefficient (Wildman–Crippen LogP) is 3.41. The van der Waals surface area contributed by atoms with E-state index in [4.69, 9.17) is 11.6 Å². The molecule has 1 aromatic carbocycles. The van der Waals surface area contributed by atoms with Crippen LogP contribution < -0.4 is 5.32 Å². The summed E-state index contributed by atoms with van der Waals surface area (Å²) in [6.07, 6.45) is 1.54. The molecule has 0 saturated carbocycles. The number of hydrogen-bond acceptors (Lipinski definition) is 5. The van der Waals surface area contributed by atoms with Crippen molar-refractivity contribution in [3.05, 3.63) is 68.7 Å². The SMILES string of the molecule is Cc1cc([N+](=O)[O-])nn1CC(C)C(=O)Nc1nn(Cc2cccc(F)c2)cc1Cl. The first-order valence-corrected chi connectivity index (χ1v) is 9.08. The summed E-state index contributed by atoms with van der Waals surface area (Å²) in [7, 11) is 0. The molecule has 1 amide bonds. The van der Waals surface area contributed by atoms with Crippen LogP contribution in [0.3, 0.4) is 0 Å². The minimum Gasteiger partial charge on any atom is -0.358 e. The second-order valence-corrected chi connectivity index (χ2v) is 7.03. The van der Waals surface area contributed by atoms with E-state index in [1.807, 2.05) is 0 Å². The second-order valence-electron chi connectivity index (χ2n) is 6.63. The standard InChI is InChI=1S/C18H18ClFN6O3/c1-11(8-25-12(2)6-16(22-25)26(28)29)18(27)21-17-15(19)10-24(23-17)9-13-4-3-5-14(20)7-13/h3-7,10-11H,8-9H2,1-2H3,(H,21,23,27). The average Bonchev–Trinajstić information content (AvgIpc) is 3.17. The Balaban J connectivity index is 1.65. The highest BCUT2D eigenvalue weighted by atomic mass is 35.5. The third kappa shape index (κ3) is 4.96. The Morgan fingerprint density at radius 2 is 2.14 bits per heavy atom. The fourth-order valence-electron chi connectivity index (χ4n) is 2.73. The lowest BCUT2D eigenvalue weighted by Crippen LogP contribution is -2.25. The van der Waals surface area contributed by atoms with Crippen LogP contribution in [0, 0.1) is 28.8 Å². The summed E-state index contributed by atoms with van der Waals surface area (Å²) in [6.45, 7) is 3.79. The summed E-state index contributed by atoms with van der Waals surface area (Å²) in [5.74, 6) is -1.34. The Morgan fingerprint density at radius 3 is 2.79 bits per heavy atom. The fourth-order valence-corrected chi connectivity index (χ4v) is 2.93. The first kappa shape index (κ1) is 20.5. The van der Waals surface area contributed by atoms with Crippen molar-refractivity contribution in [1.29, 1.82) is 0 Å². The van der Waals surface area contributed by atoms with E-state index in [9.17, 15) is 19.3 Å². The van der Waals surface area contributed by atoms with Gasteiger partial charge in [-0.1, -0.05) is 30.7 Å². The van der Waals surface area contributed by atoms with Crippen LogP contribution in [0.4, 0.5) is 16.0 Å². The lowest BCUT2D eigenvalue weighted by Gasteiger charge is -2.10. The van der Waals surface area contributed by atoms with E-state index in [1.54, 1.807) is 26.0 Å². The normalized spacial score (nSPS) is 12.0. The molecule has 2 aromatic heterocycles. The van der Waals surface area contributed by atoms with Crippen LogP contribution >= 0.6 is 11.6 Å². The van der Waals surface area contributed by atoms with Crippen molar-refractivity contribution in [2.24, 2.45) is 5.92 Å². The van der Waals surface area contributed by atoms with E-state index < -0.39 is 10.8 Å². The highest BCUT2D eigenvalue weighted by molar-refractivity contribution is 6.33. The number of amides is 1. The van der Waals surface area contributed by atoms with Gasteiger partial charge in [0.25, 0.3) is 0 Å². The van der Waals surface area contributed by atoms with Crippen molar-refractivity contribution in [2.45, 2.75) is 26.9 Å². The maximum atomic E-state index is 13.3. The Labute approximate surface area is 170 Å². The molecule has 1 atom stereocenters. The molecular formula is C18H18ClFN6O3. The van der Waals surface area contributed by atoms with Crippen molar-refractivity contribution < 1.29 is 14.1 Å². The van der Waals surface area contributed by atoms with Gasteiger partial charge in [-0.25, -0.2) is 4.39 Å². The van der Waals surface area contributed by atoms with Gasteiger partial charge >= 0.3 is 5.82 Å². The maximum Gasteiger partial charge on any atom is 0.390 e. The Kier molecular flexibility index (Phi) is 5.92. The van der Waals surface area contributed by atoms with E-state index in [1.165, 1.54) is 33.8 Å². The third-order valence-electron chi connectivity index (χ3n) is 4.24. The Morgan fingerprint density at radius 1 is 1.38 bits per heavy atom. The molecule has 2 heterocycles. The summed E-state index contributed by atoms with van der Waals surface area (Å²) >= 11 is 6.15. The number of aromatic nitrogens is 4. The molecule has 1 unspecified atom stereocenters. The predicted molar refractivity (Wildman–Crippen MR) is 104 cm³/mol. The van der Waals surface area contributed by atoms with E-state index in [2.05, 4.69) is 15.5 Å². The van der Waals surface area contributed by atoms with Crippen LogP contribution in [0.25, 0.3) is 0 Å². The van der Waals surface area contributed by atoms with Gasteiger partial charge in [-0.15, -0.1) is 0 Å². The van der Waals surface area contributed by atoms with Gasteiger partial charge in [0, 0.05) is 6.20 Å². The average molecular weight is 421 g/mol. The Hall–Kier alpha value is -3.27. The third-order valence-corrected chi connectivity index (χ3v) is 4.52. The van der Waals surface area contributed by atoms with E-state index >= 15 is 0 Å². The molecule has 1 N–H and O–H groups in total. The van der Waals surface area contributed by atoms with Crippen LogP contribution in [0.15, 0.2) is 36.5 Å². The van der Waals surface area contributed by atoms with Gasteiger partial charge in [0.1, 0.15) is 10.8 Å². The summed E-state index contributed by atoms with van der Waals surface area (Å²) in [4.78, 5) is 22.7. The molecule has 29 heavy (non-hydrogen) atoms. The van der Waals surface area contributed by atoms with Gasteiger partial charge in [-0.05, 0) is 29.5 Å². The number of aryl methyl sites for hydroxylation is 1. The Bertz CT molecular complexity index is 1060. The molecule has 0 aliphatic carbocycles. The lowest BCUT2D eigenvalue weighted by molar-refractivity contribution is -0.389. The van der Waals surface area contributed by atoms with E-state index in [0.29, 0.717) is 17.8 Å². The van der Waals surface area contributed by atoms with Gasteiger partial charge < -0.3 is 15.4 Å². The molecule has 9 nitrogen and oxygen atoms in total. The van der Waals surface area contributed by atoms with Crippen LogP contribution in [-0.2, 0) is 17.9 Å². The smallest absolute Gasteiger partial charge is 0.358 e.